The van der Waals surface area contributed by atoms with Crippen molar-refractivity contribution in [2.24, 2.45) is 47.3 Å². The Morgan fingerprint density at radius 2 is 1.90 bits per heavy atom. The summed E-state index contributed by atoms with van der Waals surface area (Å²) in [6, 6.07) is 0. The second kappa shape index (κ2) is 4.58. The summed E-state index contributed by atoms with van der Waals surface area (Å²) in [7, 11) is 0. The zero-order chi connectivity index (χ0) is 13.1. The van der Waals surface area contributed by atoms with Crippen molar-refractivity contribution < 1.29 is 9.47 Å². The molecule has 0 amide bonds. The van der Waals surface area contributed by atoms with E-state index in [1.807, 2.05) is 0 Å². The molecule has 4 fully saturated rings. The van der Waals surface area contributed by atoms with Crippen LogP contribution in [-0.2, 0) is 9.47 Å². The fourth-order valence-electron chi connectivity index (χ4n) is 6.45. The third-order valence-electron chi connectivity index (χ3n) is 7.12. The van der Waals surface area contributed by atoms with Gasteiger partial charge in [0.15, 0.2) is 0 Å². The first kappa shape index (κ1) is 12.2. The van der Waals surface area contributed by atoms with Crippen LogP contribution in [0.1, 0.15) is 25.7 Å². The second-order valence-corrected chi connectivity index (χ2v) is 8.03. The Labute approximate surface area is 121 Å². The Morgan fingerprint density at radius 1 is 1.00 bits per heavy atom. The number of allylic oxidation sites excluding steroid dienone is 2. The van der Waals surface area contributed by atoms with Crippen molar-refractivity contribution in [2.45, 2.75) is 25.7 Å². The van der Waals surface area contributed by atoms with Crippen molar-refractivity contribution in [2.75, 3.05) is 26.4 Å². The van der Waals surface area contributed by atoms with E-state index in [1.165, 1.54) is 25.7 Å². The fourth-order valence-corrected chi connectivity index (χ4v) is 6.45. The molecule has 20 heavy (non-hydrogen) atoms. The van der Waals surface area contributed by atoms with Crippen LogP contribution in [0, 0.1) is 47.3 Å². The lowest BCUT2D eigenvalue weighted by molar-refractivity contribution is 0.0288. The molecule has 2 nitrogen and oxygen atoms in total. The molecule has 110 valence electrons. The number of fused-ring (bicyclic) bond motifs is 9. The first-order valence-electron chi connectivity index (χ1n) is 8.74. The number of hydrogen-bond donors (Lipinski definition) is 0. The molecular formula is C18H26O2. The predicted molar refractivity (Wildman–Crippen MR) is 77.2 cm³/mol. The molecule has 1 saturated heterocycles. The van der Waals surface area contributed by atoms with Crippen LogP contribution in [0.4, 0.5) is 0 Å². The lowest BCUT2D eigenvalue weighted by Gasteiger charge is -2.36. The maximum Gasteiger partial charge on any atom is 0.0517 e. The van der Waals surface area contributed by atoms with Gasteiger partial charge in [-0.15, -0.1) is 0 Å². The van der Waals surface area contributed by atoms with Gasteiger partial charge in [0.1, 0.15) is 0 Å². The summed E-state index contributed by atoms with van der Waals surface area (Å²) in [4.78, 5) is 0. The first-order chi connectivity index (χ1) is 9.90. The van der Waals surface area contributed by atoms with Gasteiger partial charge in [-0.2, -0.15) is 0 Å². The molecule has 5 rings (SSSR count). The second-order valence-electron chi connectivity index (χ2n) is 8.03. The summed E-state index contributed by atoms with van der Waals surface area (Å²) in [5.41, 5.74) is 0. The molecule has 0 spiro atoms. The van der Waals surface area contributed by atoms with E-state index in [-0.39, 0.29) is 0 Å². The minimum atomic E-state index is 0.673. The van der Waals surface area contributed by atoms with E-state index in [2.05, 4.69) is 12.2 Å². The quantitative estimate of drug-likeness (QED) is 0.579. The summed E-state index contributed by atoms with van der Waals surface area (Å²) in [5.74, 6) is 7.56. The van der Waals surface area contributed by atoms with Crippen LogP contribution >= 0.6 is 0 Å². The molecule has 0 aromatic heterocycles. The van der Waals surface area contributed by atoms with E-state index in [0.717, 1.165) is 67.9 Å². The van der Waals surface area contributed by atoms with Crippen LogP contribution in [0.25, 0.3) is 0 Å². The SMILES string of the molecule is C1=CC2CC1C1C3CC(COCC4CCOC4)C(C3)C21. The van der Waals surface area contributed by atoms with E-state index in [1.54, 1.807) is 0 Å². The maximum absolute atomic E-state index is 6.08. The third kappa shape index (κ3) is 1.70. The minimum absolute atomic E-state index is 0.673. The lowest BCUT2D eigenvalue weighted by Crippen LogP contribution is -2.33. The minimum Gasteiger partial charge on any atom is -0.381 e. The van der Waals surface area contributed by atoms with Gasteiger partial charge in [0.05, 0.1) is 13.2 Å². The highest BCUT2D eigenvalue weighted by atomic mass is 16.5. The van der Waals surface area contributed by atoms with Gasteiger partial charge in [-0.05, 0) is 67.1 Å². The van der Waals surface area contributed by atoms with Gasteiger partial charge in [0, 0.05) is 19.1 Å². The van der Waals surface area contributed by atoms with Crippen molar-refractivity contribution >= 4 is 0 Å². The average molecular weight is 274 g/mol. The lowest BCUT2D eigenvalue weighted by atomic mass is 9.69. The van der Waals surface area contributed by atoms with Gasteiger partial charge in [-0.1, -0.05) is 12.2 Å². The van der Waals surface area contributed by atoms with Gasteiger partial charge in [-0.25, -0.2) is 0 Å². The molecule has 0 radical (unpaired) electrons. The van der Waals surface area contributed by atoms with Gasteiger partial charge in [0.25, 0.3) is 0 Å². The summed E-state index contributed by atoms with van der Waals surface area (Å²) >= 11 is 0. The highest BCUT2D eigenvalue weighted by Gasteiger charge is 2.60. The summed E-state index contributed by atoms with van der Waals surface area (Å²) in [6.07, 6.45) is 10.7. The fraction of sp³-hybridized carbons (Fsp3) is 0.889. The molecule has 0 aromatic carbocycles. The van der Waals surface area contributed by atoms with Crippen LogP contribution in [0.3, 0.4) is 0 Å². The van der Waals surface area contributed by atoms with Gasteiger partial charge in [0.2, 0.25) is 0 Å². The van der Waals surface area contributed by atoms with Crippen molar-refractivity contribution in [3.05, 3.63) is 12.2 Å². The molecule has 8 atom stereocenters. The Bertz CT molecular complexity index is 412. The normalized spacial score (nSPS) is 55.0. The average Bonchev–Trinajstić information content (AvgIpc) is 3.24. The molecule has 5 aliphatic rings. The largest absolute Gasteiger partial charge is 0.381 e. The molecular weight excluding hydrogens is 248 g/mol. The Kier molecular flexibility index (Phi) is 2.80. The van der Waals surface area contributed by atoms with Crippen LogP contribution < -0.4 is 0 Å². The molecule has 0 N–H and O–H groups in total. The summed E-state index contributed by atoms with van der Waals surface area (Å²) in [5, 5.41) is 0. The molecule has 0 aromatic rings. The molecule has 4 bridgehead atoms. The Morgan fingerprint density at radius 3 is 2.75 bits per heavy atom. The number of rotatable bonds is 4. The van der Waals surface area contributed by atoms with E-state index >= 15 is 0 Å². The standard InChI is InChI=1S/C18H26O2/c1-2-13-5-12(1)17-14-6-15(16(7-14)18(13)17)10-20-9-11-3-4-19-8-11/h1-2,11-18H,3-10H2. The Balaban J connectivity index is 1.19. The molecule has 2 heteroatoms. The highest BCUT2D eigenvalue weighted by molar-refractivity contribution is 5.20. The number of hydrogen-bond acceptors (Lipinski definition) is 2. The summed E-state index contributed by atoms with van der Waals surface area (Å²) in [6.45, 7) is 3.84. The summed E-state index contributed by atoms with van der Waals surface area (Å²) < 4.78 is 11.5. The molecule has 1 heterocycles. The zero-order valence-corrected chi connectivity index (χ0v) is 12.2. The van der Waals surface area contributed by atoms with Gasteiger partial charge < -0.3 is 9.47 Å². The van der Waals surface area contributed by atoms with E-state index in [9.17, 15) is 0 Å². The van der Waals surface area contributed by atoms with Crippen molar-refractivity contribution in [3.63, 3.8) is 0 Å². The molecule has 8 unspecified atom stereocenters. The van der Waals surface area contributed by atoms with Crippen LogP contribution in [0.15, 0.2) is 12.2 Å². The van der Waals surface area contributed by atoms with Gasteiger partial charge >= 0.3 is 0 Å². The number of ether oxygens (including phenoxy) is 2. The van der Waals surface area contributed by atoms with Crippen molar-refractivity contribution in [1.82, 2.24) is 0 Å². The van der Waals surface area contributed by atoms with Crippen molar-refractivity contribution in [3.8, 4) is 0 Å². The highest BCUT2D eigenvalue weighted by Crippen LogP contribution is 2.66. The first-order valence-corrected chi connectivity index (χ1v) is 8.74. The van der Waals surface area contributed by atoms with E-state index in [0.29, 0.717) is 5.92 Å². The maximum atomic E-state index is 6.08. The smallest absolute Gasteiger partial charge is 0.0517 e. The van der Waals surface area contributed by atoms with Crippen molar-refractivity contribution in [1.29, 1.82) is 0 Å². The molecule has 4 aliphatic carbocycles. The third-order valence-corrected chi connectivity index (χ3v) is 7.12. The van der Waals surface area contributed by atoms with E-state index in [4.69, 9.17) is 9.47 Å². The van der Waals surface area contributed by atoms with E-state index < -0.39 is 0 Å². The predicted octanol–water partition coefficient (Wildman–Crippen LogP) is 3.13. The Hall–Kier alpha value is -0.340. The zero-order valence-electron chi connectivity index (χ0n) is 12.2. The monoisotopic (exact) mass is 274 g/mol. The van der Waals surface area contributed by atoms with Crippen LogP contribution in [-0.4, -0.2) is 26.4 Å². The topological polar surface area (TPSA) is 18.5 Å². The molecule has 1 aliphatic heterocycles. The van der Waals surface area contributed by atoms with Gasteiger partial charge in [-0.3, -0.25) is 0 Å². The van der Waals surface area contributed by atoms with Crippen LogP contribution in [0.2, 0.25) is 0 Å². The van der Waals surface area contributed by atoms with Crippen LogP contribution in [0.5, 0.6) is 0 Å². The molecule has 3 saturated carbocycles.